The third-order valence-corrected chi connectivity index (χ3v) is 6.28. The predicted octanol–water partition coefficient (Wildman–Crippen LogP) is 4.71. The second kappa shape index (κ2) is 17.1. The molecule has 0 aliphatic carbocycles. The molecule has 0 saturated heterocycles. The zero-order valence-electron chi connectivity index (χ0n) is 22.4. The summed E-state index contributed by atoms with van der Waals surface area (Å²) in [7, 11) is 0. The van der Waals surface area contributed by atoms with Gasteiger partial charge >= 0.3 is 11.9 Å². The van der Waals surface area contributed by atoms with E-state index in [1.54, 1.807) is 0 Å². The van der Waals surface area contributed by atoms with Crippen molar-refractivity contribution in [1.29, 1.82) is 0 Å². The van der Waals surface area contributed by atoms with Gasteiger partial charge in [-0.15, -0.1) is 0 Å². The van der Waals surface area contributed by atoms with Crippen molar-refractivity contribution in [2.24, 2.45) is 5.92 Å². The minimum absolute atomic E-state index is 0.0168. The Hall–Kier alpha value is -3.48. The van der Waals surface area contributed by atoms with E-state index >= 15 is 0 Å². The minimum atomic E-state index is -0.684. The lowest BCUT2D eigenvalue weighted by Gasteiger charge is -2.18. The fourth-order valence-electron chi connectivity index (χ4n) is 3.76. The van der Waals surface area contributed by atoms with Crippen LogP contribution < -0.4 is 0 Å². The van der Waals surface area contributed by atoms with Gasteiger partial charge in [-0.1, -0.05) is 73.8 Å². The summed E-state index contributed by atoms with van der Waals surface area (Å²) in [6, 6.07) is 17.3. The van der Waals surface area contributed by atoms with Gasteiger partial charge in [-0.25, -0.2) is 9.59 Å². The summed E-state index contributed by atoms with van der Waals surface area (Å²) in [6.45, 7) is 8.04. The number of benzene rings is 2. The van der Waals surface area contributed by atoms with Gasteiger partial charge < -0.3 is 19.7 Å². The van der Waals surface area contributed by atoms with Crippen LogP contribution in [0.25, 0.3) is 0 Å². The molecule has 0 saturated carbocycles. The zero-order chi connectivity index (χ0) is 27.8. The maximum Gasteiger partial charge on any atom is 0.335 e. The van der Waals surface area contributed by atoms with E-state index in [2.05, 4.69) is 73.8 Å². The van der Waals surface area contributed by atoms with E-state index in [0.29, 0.717) is 12.8 Å². The van der Waals surface area contributed by atoms with Crippen LogP contribution in [0.5, 0.6) is 0 Å². The summed E-state index contributed by atoms with van der Waals surface area (Å²) in [5, 5.41) is 18.1. The molecule has 0 spiro atoms. The number of hydrogen-bond acceptors (Lipinski definition) is 6. The van der Waals surface area contributed by atoms with Crippen molar-refractivity contribution in [2.75, 3.05) is 26.4 Å². The number of aryl methyl sites for hydroxylation is 4. The number of hydrogen-bond donors (Lipinski definition) is 2. The van der Waals surface area contributed by atoms with E-state index in [1.165, 1.54) is 16.7 Å². The first-order valence-electron chi connectivity index (χ1n) is 13.0. The average Bonchev–Trinajstić information content (AvgIpc) is 2.95. The number of esters is 2. The van der Waals surface area contributed by atoms with Crippen molar-refractivity contribution < 1.29 is 29.3 Å². The van der Waals surface area contributed by atoms with E-state index in [-0.39, 0.29) is 30.3 Å². The van der Waals surface area contributed by atoms with E-state index in [0.717, 1.165) is 31.2 Å². The lowest BCUT2D eigenvalue weighted by molar-refractivity contribution is -0.144. The molecule has 0 amide bonds. The number of carbonyl (C=O) groups excluding carboxylic acids is 2. The van der Waals surface area contributed by atoms with Crippen molar-refractivity contribution in [3.8, 4) is 0 Å². The van der Waals surface area contributed by atoms with E-state index in [9.17, 15) is 9.59 Å². The lowest BCUT2D eigenvalue weighted by atomic mass is 9.98. The minimum Gasteiger partial charge on any atom is -0.462 e. The van der Waals surface area contributed by atoms with Gasteiger partial charge in [-0.3, -0.25) is 0 Å². The number of aliphatic hydroxyl groups excluding tert-OH is 2. The fourth-order valence-corrected chi connectivity index (χ4v) is 3.76. The molecule has 0 aromatic heterocycles. The number of aliphatic hydroxyl groups is 2. The van der Waals surface area contributed by atoms with Crippen LogP contribution in [0.1, 0.15) is 42.0 Å². The SMILES string of the molecule is C=C(CO)C(=O)OCC(CCc1ccc(CCc2ccc(CC/C=C/C)cc2)cc1)COC(=O)C(=C)CO. The van der Waals surface area contributed by atoms with Crippen LogP contribution in [0.3, 0.4) is 0 Å². The number of rotatable bonds is 17. The highest BCUT2D eigenvalue weighted by atomic mass is 16.5. The molecule has 0 heterocycles. The molecule has 0 bridgehead atoms. The molecule has 204 valence electrons. The summed E-state index contributed by atoms with van der Waals surface area (Å²) in [4.78, 5) is 23.8. The first kappa shape index (κ1) is 30.7. The van der Waals surface area contributed by atoms with Gasteiger partial charge in [-0.2, -0.15) is 0 Å². The molecule has 6 nitrogen and oxygen atoms in total. The number of allylic oxidation sites excluding steroid dienone is 2. The molecular weight excluding hydrogens is 480 g/mol. The second-order valence-electron chi connectivity index (χ2n) is 9.37. The van der Waals surface area contributed by atoms with Crippen molar-refractivity contribution >= 4 is 11.9 Å². The quantitative estimate of drug-likeness (QED) is 0.178. The Labute approximate surface area is 226 Å². The number of ether oxygens (including phenoxy) is 2. The lowest BCUT2D eigenvalue weighted by Crippen LogP contribution is -2.23. The molecule has 0 aliphatic heterocycles. The van der Waals surface area contributed by atoms with E-state index < -0.39 is 25.2 Å². The Bertz CT molecular complexity index is 1030. The molecule has 6 heteroatoms. The van der Waals surface area contributed by atoms with Gasteiger partial charge in [0.2, 0.25) is 0 Å². The Morgan fingerprint density at radius 3 is 1.53 bits per heavy atom. The van der Waals surface area contributed by atoms with E-state index in [4.69, 9.17) is 19.7 Å². The Morgan fingerprint density at radius 1 is 0.737 bits per heavy atom. The summed E-state index contributed by atoms with van der Waals surface area (Å²) in [5.74, 6) is -1.63. The van der Waals surface area contributed by atoms with Crippen LogP contribution in [-0.4, -0.2) is 48.6 Å². The topological polar surface area (TPSA) is 93.1 Å². The Balaban J connectivity index is 1.87. The van der Waals surface area contributed by atoms with Gasteiger partial charge in [0.1, 0.15) is 0 Å². The molecular formula is C32H40O6. The first-order valence-corrected chi connectivity index (χ1v) is 13.0. The standard InChI is InChI=1S/C32H40O6/c1-4-5-6-7-26-8-10-27(11-9-26)12-13-28-14-16-29(17-15-28)18-19-30(22-37-31(35)24(2)20-33)23-38-32(36)25(3)21-34/h4-5,8-11,14-17,30,33-34H,2-3,6-7,12-13,18-23H2,1H3/b5-4+. The Morgan fingerprint density at radius 2 is 1.13 bits per heavy atom. The third kappa shape index (κ3) is 11.3. The summed E-state index contributed by atoms with van der Waals surface area (Å²) < 4.78 is 10.4. The third-order valence-electron chi connectivity index (χ3n) is 6.28. The average molecular weight is 521 g/mol. The molecule has 0 atom stereocenters. The number of carbonyl (C=O) groups is 2. The van der Waals surface area contributed by atoms with E-state index in [1.807, 2.05) is 6.92 Å². The summed E-state index contributed by atoms with van der Waals surface area (Å²) in [5.41, 5.74) is 4.99. The molecule has 2 N–H and O–H groups in total. The van der Waals surface area contributed by atoms with Crippen LogP contribution in [0, 0.1) is 5.92 Å². The fraction of sp³-hybridized carbons (Fsp3) is 0.375. The molecule has 0 radical (unpaired) electrons. The van der Waals surface area contributed by atoms with Crippen molar-refractivity contribution in [3.05, 3.63) is 107 Å². The maximum atomic E-state index is 11.9. The normalized spacial score (nSPS) is 11.1. The van der Waals surface area contributed by atoms with Crippen molar-refractivity contribution in [1.82, 2.24) is 0 Å². The monoisotopic (exact) mass is 520 g/mol. The second-order valence-corrected chi connectivity index (χ2v) is 9.37. The molecule has 38 heavy (non-hydrogen) atoms. The van der Waals surface area contributed by atoms with Crippen LogP contribution in [0.4, 0.5) is 0 Å². The highest BCUT2D eigenvalue weighted by Crippen LogP contribution is 2.16. The maximum absolute atomic E-state index is 11.9. The summed E-state index contributed by atoms with van der Waals surface area (Å²) >= 11 is 0. The van der Waals surface area contributed by atoms with Gasteiger partial charge in [0, 0.05) is 5.92 Å². The largest absolute Gasteiger partial charge is 0.462 e. The summed E-state index contributed by atoms with van der Waals surface area (Å²) in [6.07, 6.45) is 9.65. The van der Waals surface area contributed by atoms with Gasteiger partial charge in [-0.05, 0) is 67.7 Å². The molecule has 0 unspecified atom stereocenters. The van der Waals surface area contributed by atoms with Crippen molar-refractivity contribution in [2.45, 2.75) is 45.4 Å². The van der Waals surface area contributed by atoms with Crippen LogP contribution in [0.2, 0.25) is 0 Å². The zero-order valence-corrected chi connectivity index (χ0v) is 22.4. The molecule has 2 rings (SSSR count). The first-order chi connectivity index (χ1) is 18.4. The predicted molar refractivity (Wildman–Crippen MR) is 150 cm³/mol. The Kier molecular flexibility index (Phi) is 13.8. The molecule has 2 aromatic rings. The molecule has 0 aliphatic rings. The highest BCUT2D eigenvalue weighted by molar-refractivity contribution is 5.88. The van der Waals surface area contributed by atoms with Crippen molar-refractivity contribution in [3.63, 3.8) is 0 Å². The van der Waals surface area contributed by atoms with Gasteiger partial charge in [0.25, 0.3) is 0 Å². The smallest absolute Gasteiger partial charge is 0.335 e. The van der Waals surface area contributed by atoms with Gasteiger partial charge in [0.05, 0.1) is 37.6 Å². The van der Waals surface area contributed by atoms with Crippen LogP contribution >= 0.6 is 0 Å². The highest BCUT2D eigenvalue weighted by Gasteiger charge is 2.17. The molecule has 0 fully saturated rings. The van der Waals surface area contributed by atoms with Crippen LogP contribution in [0.15, 0.2) is 85.0 Å². The molecule has 2 aromatic carbocycles. The van der Waals surface area contributed by atoms with Crippen LogP contribution in [-0.2, 0) is 44.7 Å². The van der Waals surface area contributed by atoms with Gasteiger partial charge in [0.15, 0.2) is 0 Å².